The number of carbonyl (C=O) groups is 1. The molecule has 8 heteroatoms. The molecule has 1 aromatic carbocycles. The molecule has 6 nitrogen and oxygen atoms in total. The normalized spacial score (nSPS) is 18.3. The van der Waals surface area contributed by atoms with Crippen LogP contribution in [0.3, 0.4) is 0 Å². The molecule has 30 heavy (non-hydrogen) atoms. The van der Waals surface area contributed by atoms with Gasteiger partial charge in [0.15, 0.2) is 5.11 Å². The van der Waals surface area contributed by atoms with Crippen molar-refractivity contribution in [1.82, 2.24) is 19.8 Å². The number of thiocarbonyl (C=S) groups is 1. The molecule has 3 aromatic rings. The number of benzene rings is 1. The number of halogens is 1. The van der Waals surface area contributed by atoms with Gasteiger partial charge in [0.1, 0.15) is 0 Å². The second kappa shape index (κ2) is 8.97. The molecule has 1 N–H and O–H groups in total. The van der Waals surface area contributed by atoms with Crippen LogP contribution in [0.4, 0.5) is 0 Å². The van der Waals surface area contributed by atoms with Crippen molar-refractivity contribution in [2.45, 2.75) is 18.5 Å². The Morgan fingerprint density at radius 2 is 2.10 bits per heavy atom. The van der Waals surface area contributed by atoms with E-state index in [0.29, 0.717) is 11.7 Å². The van der Waals surface area contributed by atoms with Crippen LogP contribution in [0.2, 0.25) is 0 Å². The Bertz CT molecular complexity index is 1060. The van der Waals surface area contributed by atoms with Crippen LogP contribution in [0.5, 0.6) is 0 Å². The van der Waals surface area contributed by atoms with Crippen LogP contribution in [-0.4, -0.2) is 39.2 Å². The van der Waals surface area contributed by atoms with Crippen molar-refractivity contribution in [2.75, 3.05) is 13.7 Å². The van der Waals surface area contributed by atoms with Gasteiger partial charge in [0.2, 0.25) is 0 Å². The van der Waals surface area contributed by atoms with Crippen molar-refractivity contribution in [3.05, 3.63) is 82.9 Å². The predicted octanol–water partition coefficient (Wildman–Crippen LogP) is 4.17. The molecule has 0 radical (unpaired) electrons. The lowest BCUT2D eigenvalue weighted by molar-refractivity contribution is -0.140. The third-order valence-electron chi connectivity index (χ3n) is 5.15. The Labute approximate surface area is 189 Å². The molecule has 0 bridgehead atoms. The fraction of sp³-hybridized carbons (Fsp3) is 0.227. The van der Waals surface area contributed by atoms with E-state index in [2.05, 4.69) is 53.9 Å². The molecule has 1 aliphatic rings. The zero-order valence-electron chi connectivity index (χ0n) is 16.4. The summed E-state index contributed by atoms with van der Waals surface area (Å²) in [4.78, 5) is 18.4. The van der Waals surface area contributed by atoms with Crippen molar-refractivity contribution >= 4 is 39.2 Å². The number of carbonyl (C=O) groups excluding carboxylic acids is 1. The Hall–Kier alpha value is -2.71. The summed E-state index contributed by atoms with van der Waals surface area (Å²) in [5.74, 6) is -0.264. The second-order valence-electron chi connectivity index (χ2n) is 6.93. The number of ether oxygens (including phenoxy) is 1. The lowest BCUT2D eigenvalue weighted by Crippen LogP contribution is -2.32. The van der Waals surface area contributed by atoms with E-state index in [9.17, 15) is 4.79 Å². The first-order valence-electron chi connectivity index (χ1n) is 9.56. The molecule has 0 amide bonds. The summed E-state index contributed by atoms with van der Waals surface area (Å²) in [7, 11) is 1.40. The van der Waals surface area contributed by atoms with E-state index in [1.165, 1.54) is 7.11 Å². The molecular formula is C22H21BrN4O2S. The fourth-order valence-electron chi connectivity index (χ4n) is 3.78. The molecule has 154 valence electrons. The lowest BCUT2D eigenvalue weighted by atomic mass is 10.0. The van der Waals surface area contributed by atoms with Crippen LogP contribution in [0.25, 0.3) is 5.69 Å². The van der Waals surface area contributed by atoms with Crippen molar-refractivity contribution in [3.8, 4) is 5.69 Å². The number of methoxy groups -OCH3 is 1. The lowest BCUT2D eigenvalue weighted by Gasteiger charge is -2.28. The van der Waals surface area contributed by atoms with Crippen LogP contribution in [0, 0.1) is 0 Å². The van der Waals surface area contributed by atoms with Gasteiger partial charge < -0.3 is 19.5 Å². The molecule has 2 aromatic heterocycles. The fourth-order valence-corrected chi connectivity index (χ4v) is 4.50. The average Bonchev–Trinajstić information content (AvgIpc) is 3.36. The Morgan fingerprint density at radius 3 is 2.83 bits per heavy atom. The van der Waals surface area contributed by atoms with Gasteiger partial charge in [-0.2, -0.15) is 0 Å². The SMILES string of the molecule is COC(=O)CCN1C(=S)N[C@@H](c2ccccn2)[C@H]1c1cccn1-c1cccc(Br)c1. The van der Waals surface area contributed by atoms with Gasteiger partial charge in [-0.1, -0.05) is 28.1 Å². The summed E-state index contributed by atoms with van der Waals surface area (Å²) < 4.78 is 7.99. The summed E-state index contributed by atoms with van der Waals surface area (Å²) in [6.07, 6.45) is 4.06. The van der Waals surface area contributed by atoms with E-state index in [-0.39, 0.29) is 24.5 Å². The van der Waals surface area contributed by atoms with E-state index in [0.717, 1.165) is 21.5 Å². The van der Waals surface area contributed by atoms with E-state index in [4.69, 9.17) is 17.0 Å². The maximum absolute atomic E-state index is 11.8. The van der Waals surface area contributed by atoms with E-state index in [1.54, 1.807) is 6.20 Å². The molecule has 0 spiro atoms. The van der Waals surface area contributed by atoms with Crippen molar-refractivity contribution in [1.29, 1.82) is 0 Å². The maximum atomic E-state index is 11.8. The highest BCUT2D eigenvalue weighted by atomic mass is 79.9. The number of nitrogens with one attached hydrogen (secondary N) is 1. The van der Waals surface area contributed by atoms with E-state index >= 15 is 0 Å². The van der Waals surface area contributed by atoms with Crippen molar-refractivity contribution in [3.63, 3.8) is 0 Å². The van der Waals surface area contributed by atoms with Crippen LogP contribution >= 0.6 is 28.1 Å². The first-order chi connectivity index (χ1) is 14.6. The molecule has 0 aliphatic carbocycles. The zero-order chi connectivity index (χ0) is 21.1. The molecule has 0 unspecified atom stereocenters. The summed E-state index contributed by atoms with van der Waals surface area (Å²) in [5, 5.41) is 4.01. The number of rotatable bonds is 6. The third-order valence-corrected chi connectivity index (χ3v) is 6.00. The van der Waals surface area contributed by atoms with Crippen molar-refractivity contribution in [2.24, 2.45) is 0 Å². The minimum absolute atomic E-state index is 0.133. The highest BCUT2D eigenvalue weighted by Crippen LogP contribution is 2.39. The highest BCUT2D eigenvalue weighted by Gasteiger charge is 2.41. The monoisotopic (exact) mass is 484 g/mol. The van der Waals surface area contributed by atoms with Gasteiger partial charge >= 0.3 is 5.97 Å². The standard InChI is InChI=1S/C22H21BrN4O2S/c1-29-19(28)10-13-27-21(20(25-22(27)30)17-8-2-3-11-24-17)18-9-5-12-26(18)16-7-4-6-15(23)14-16/h2-9,11-12,14,20-21H,10,13H2,1H3,(H,25,30)/t20-,21+/m0/s1. The average molecular weight is 485 g/mol. The van der Waals surface area contributed by atoms with Gasteiger partial charge in [-0.25, -0.2) is 0 Å². The minimum Gasteiger partial charge on any atom is -0.469 e. The first kappa shape index (κ1) is 20.6. The van der Waals surface area contributed by atoms with Gasteiger partial charge in [-0.05, 0) is 54.7 Å². The van der Waals surface area contributed by atoms with E-state index < -0.39 is 0 Å². The van der Waals surface area contributed by atoms with Crippen molar-refractivity contribution < 1.29 is 9.53 Å². The zero-order valence-corrected chi connectivity index (χ0v) is 18.8. The summed E-state index contributed by atoms with van der Waals surface area (Å²) in [6, 6.07) is 17.8. The number of hydrogen-bond acceptors (Lipinski definition) is 4. The molecular weight excluding hydrogens is 464 g/mol. The Morgan fingerprint density at radius 1 is 1.23 bits per heavy atom. The van der Waals surface area contributed by atoms with Gasteiger partial charge in [0.25, 0.3) is 0 Å². The quantitative estimate of drug-likeness (QED) is 0.418. The summed E-state index contributed by atoms with van der Waals surface area (Å²) in [5.41, 5.74) is 2.99. The summed E-state index contributed by atoms with van der Waals surface area (Å²) >= 11 is 9.21. The topological polar surface area (TPSA) is 59.4 Å². The third kappa shape index (κ3) is 4.11. The number of aromatic nitrogens is 2. The van der Waals surface area contributed by atoms with Gasteiger partial charge in [-0.15, -0.1) is 0 Å². The number of esters is 1. The van der Waals surface area contributed by atoms with Gasteiger partial charge in [0.05, 0.1) is 31.3 Å². The molecule has 4 rings (SSSR count). The number of nitrogens with zero attached hydrogens (tertiary/aromatic N) is 3. The smallest absolute Gasteiger partial charge is 0.307 e. The number of hydrogen-bond donors (Lipinski definition) is 1. The van der Waals surface area contributed by atoms with Crippen LogP contribution in [-0.2, 0) is 9.53 Å². The molecule has 2 atom stereocenters. The molecule has 0 saturated carbocycles. The van der Waals surface area contributed by atoms with Gasteiger partial charge in [-0.3, -0.25) is 9.78 Å². The van der Waals surface area contributed by atoms with Crippen LogP contribution in [0.15, 0.2) is 71.5 Å². The van der Waals surface area contributed by atoms with Crippen LogP contribution in [0.1, 0.15) is 29.9 Å². The Kier molecular flexibility index (Phi) is 6.15. The first-order valence-corrected chi connectivity index (χ1v) is 10.8. The largest absolute Gasteiger partial charge is 0.469 e. The number of pyridine rings is 1. The van der Waals surface area contributed by atoms with Gasteiger partial charge in [0, 0.05) is 34.8 Å². The molecule has 1 aliphatic heterocycles. The molecule has 1 fully saturated rings. The Balaban J connectivity index is 1.76. The minimum atomic E-state index is -0.264. The highest BCUT2D eigenvalue weighted by molar-refractivity contribution is 9.10. The molecule has 3 heterocycles. The maximum Gasteiger partial charge on any atom is 0.307 e. The molecule has 1 saturated heterocycles. The van der Waals surface area contributed by atoms with Crippen LogP contribution < -0.4 is 5.32 Å². The second-order valence-corrected chi connectivity index (χ2v) is 8.23. The predicted molar refractivity (Wildman–Crippen MR) is 122 cm³/mol. The summed E-state index contributed by atoms with van der Waals surface area (Å²) in [6.45, 7) is 0.455. The van der Waals surface area contributed by atoms with E-state index in [1.807, 2.05) is 42.6 Å².